The smallest absolute Gasteiger partial charge is 0.0594 e. The molecule has 2 heteroatoms. The molecule has 1 aliphatic heterocycles. The Morgan fingerprint density at radius 3 is 2.60 bits per heavy atom. The van der Waals surface area contributed by atoms with Crippen molar-refractivity contribution in [2.75, 3.05) is 32.8 Å². The molecule has 0 amide bonds. The molecular weight excluding hydrogens is 126 g/mol. The molecule has 0 saturated carbocycles. The van der Waals surface area contributed by atoms with Gasteiger partial charge in [-0.1, -0.05) is 0 Å². The zero-order valence-electron chi connectivity index (χ0n) is 6.38. The van der Waals surface area contributed by atoms with Crippen LogP contribution in [-0.4, -0.2) is 37.7 Å². The molecule has 0 atom stereocenters. The van der Waals surface area contributed by atoms with Crippen molar-refractivity contribution in [3.63, 3.8) is 0 Å². The molecule has 1 heterocycles. The Morgan fingerprint density at radius 1 is 1.30 bits per heavy atom. The second-order valence-corrected chi connectivity index (χ2v) is 2.60. The molecule has 1 saturated heterocycles. The average Bonchev–Trinajstić information content (AvgIpc) is 2.03. The Kier molecular flexibility index (Phi) is 3.76. The highest BCUT2D eigenvalue weighted by Crippen LogP contribution is 1.98. The summed E-state index contributed by atoms with van der Waals surface area (Å²) < 4.78 is 5.21. The van der Waals surface area contributed by atoms with Crippen molar-refractivity contribution >= 4 is 0 Å². The maximum Gasteiger partial charge on any atom is 0.0594 e. The molecule has 2 radical (unpaired) electrons. The van der Waals surface area contributed by atoms with Crippen molar-refractivity contribution < 1.29 is 4.74 Å². The first kappa shape index (κ1) is 8.02. The number of hydrogen-bond donors (Lipinski definition) is 0. The van der Waals surface area contributed by atoms with Gasteiger partial charge in [-0.15, -0.1) is 0 Å². The van der Waals surface area contributed by atoms with Crippen molar-refractivity contribution in [3.8, 4) is 0 Å². The summed E-state index contributed by atoms with van der Waals surface area (Å²) in [4.78, 5) is 2.40. The molecule has 0 aliphatic carbocycles. The summed E-state index contributed by atoms with van der Waals surface area (Å²) in [5.74, 6) is 0. The van der Waals surface area contributed by atoms with Gasteiger partial charge in [-0.3, -0.25) is 4.90 Å². The van der Waals surface area contributed by atoms with E-state index in [0.29, 0.717) is 0 Å². The molecule has 2 nitrogen and oxygen atoms in total. The zero-order chi connectivity index (χ0) is 7.23. The third-order valence-electron chi connectivity index (χ3n) is 1.78. The van der Waals surface area contributed by atoms with Crippen LogP contribution in [0.4, 0.5) is 0 Å². The minimum Gasteiger partial charge on any atom is -0.379 e. The first-order valence-electron chi connectivity index (χ1n) is 3.93. The minimum atomic E-state index is 0.803. The van der Waals surface area contributed by atoms with Gasteiger partial charge in [0, 0.05) is 13.1 Å². The van der Waals surface area contributed by atoms with Crippen molar-refractivity contribution in [1.82, 2.24) is 4.90 Å². The molecule has 0 spiro atoms. The molecule has 0 aromatic carbocycles. The van der Waals surface area contributed by atoms with Crippen LogP contribution in [0.2, 0.25) is 0 Å². The number of hydrogen-bond acceptors (Lipinski definition) is 2. The van der Waals surface area contributed by atoms with Gasteiger partial charge in [0.1, 0.15) is 0 Å². The molecule has 58 valence electrons. The molecule has 10 heavy (non-hydrogen) atoms. The fourth-order valence-electron chi connectivity index (χ4n) is 1.14. The van der Waals surface area contributed by atoms with E-state index in [0.717, 1.165) is 45.7 Å². The van der Waals surface area contributed by atoms with Crippen molar-refractivity contribution in [2.24, 2.45) is 0 Å². The standard InChI is InChI=1S/C8H15NO/c1-2-3-4-9-5-7-10-8-6-9/h1H,2-8H2. The first-order chi connectivity index (χ1) is 4.93. The quantitative estimate of drug-likeness (QED) is 0.576. The molecule has 0 aromatic rings. The van der Waals surface area contributed by atoms with Crippen LogP contribution in [-0.2, 0) is 4.74 Å². The third-order valence-corrected chi connectivity index (χ3v) is 1.78. The third kappa shape index (κ3) is 2.67. The van der Waals surface area contributed by atoms with Crippen LogP contribution in [0.5, 0.6) is 0 Å². The zero-order valence-corrected chi connectivity index (χ0v) is 6.38. The number of nitrogens with zero attached hydrogens (tertiary/aromatic N) is 1. The second kappa shape index (κ2) is 4.69. The summed E-state index contributed by atoms with van der Waals surface area (Å²) in [7, 11) is 0. The van der Waals surface area contributed by atoms with E-state index < -0.39 is 0 Å². The van der Waals surface area contributed by atoms with E-state index in [2.05, 4.69) is 4.90 Å². The van der Waals surface area contributed by atoms with Crippen LogP contribution >= 0.6 is 0 Å². The van der Waals surface area contributed by atoms with Gasteiger partial charge in [-0.05, 0) is 26.3 Å². The maximum atomic E-state index is 5.39. The van der Waals surface area contributed by atoms with Gasteiger partial charge in [0.05, 0.1) is 13.2 Å². The summed E-state index contributed by atoms with van der Waals surface area (Å²) in [5.41, 5.74) is 0. The van der Waals surface area contributed by atoms with E-state index in [1.165, 1.54) is 0 Å². The van der Waals surface area contributed by atoms with Crippen LogP contribution in [0.15, 0.2) is 0 Å². The highest BCUT2D eigenvalue weighted by molar-refractivity contribution is 4.61. The van der Waals surface area contributed by atoms with E-state index in [9.17, 15) is 0 Å². The summed E-state index contributed by atoms with van der Waals surface area (Å²) in [5, 5.41) is 0. The number of rotatable bonds is 3. The van der Waals surface area contributed by atoms with E-state index in [1.54, 1.807) is 0 Å². The Hall–Kier alpha value is -0.0800. The Labute approximate surface area is 63.2 Å². The maximum absolute atomic E-state index is 5.39. The van der Waals surface area contributed by atoms with Gasteiger partial charge < -0.3 is 4.74 Å². The molecule has 1 rings (SSSR count). The molecule has 0 N–H and O–H groups in total. The largest absolute Gasteiger partial charge is 0.379 e. The molecule has 0 bridgehead atoms. The molecule has 1 fully saturated rings. The summed E-state index contributed by atoms with van der Waals surface area (Å²) in [6.07, 6.45) is 1.91. The second-order valence-electron chi connectivity index (χ2n) is 2.60. The predicted octanol–water partition coefficient (Wildman–Crippen LogP) is 0.810. The first-order valence-corrected chi connectivity index (χ1v) is 3.93. The summed E-state index contributed by atoms with van der Waals surface area (Å²) in [6, 6.07) is 0. The number of unbranched alkanes of at least 4 members (excludes halogenated alkanes) is 1. The molecule has 0 aromatic heterocycles. The lowest BCUT2D eigenvalue weighted by Gasteiger charge is -2.26. The highest BCUT2D eigenvalue weighted by Gasteiger charge is 2.07. The van der Waals surface area contributed by atoms with Crippen LogP contribution in [0.3, 0.4) is 0 Å². The van der Waals surface area contributed by atoms with E-state index in [1.807, 2.05) is 0 Å². The van der Waals surface area contributed by atoms with Gasteiger partial charge in [0.2, 0.25) is 0 Å². The Bertz CT molecular complexity index is 79.3. The Morgan fingerprint density at radius 2 is 2.00 bits per heavy atom. The van der Waals surface area contributed by atoms with Crippen molar-refractivity contribution in [3.05, 3.63) is 6.92 Å². The highest BCUT2D eigenvalue weighted by atomic mass is 16.5. The van der Waals surface area contributed by atoms with Gasteiger partial charge in [0.25, 0.3) is 0 Å². The molecule has 1 aliphatic rings. The van der Waals surface area contributed by atoms with Crippen molar-refractivity contribution in [2.45, 2.75) is 12.8 Å². The van der Waals surface area contributed by atoms with E-state index in [-0.39, 0.29) is 0 Å². The van der Waals surface area contributed by atoms with Crippen LogP contribution < -0.4 is 0 Å². The minimum absolute atomic E-state index is 0.803. The molecule has 0 unspecified atom stereocenters. The lowest BCUT2D eigenvalue weighted by molar-refractivity contribution is 0.0375. The fourth-order valence-corrected chi connectivity index (χ4v) is 1.14. The number of morpholine rings is 1. The SMILES string of the molecule is [CH]CCCN1CCOCC1. The lowest BCUT2D eigenvalue weighted by atomic mass is 10.3. The topological polar surface area (TPSA) is 12.5 Å². The van der Waals surface area contributed by atoms with Crippen LogP contribution in [0, 0.1) is 6.92 Å². The lowest BCUT2D eigenvalue weighted by Crippen LogP contribution is -2.36. The van der Waals surface area contributed by atoms with Crippen LogP contribution in [0.1, 0.15) is 12.8 Å². The van der Waals surface area contributed by atoms with Gasteiger partial charge in [-0.25, -0.2) is 0 Å². The normalized spacial score (nSPS) is 21.3. The van der Waals surface area contributed by atoms with Crippen molar-refractivity contribution in [1.29, 1.82) is 0 Å². The monoisotopic (exact) mass is 141 g/mol. The summed E-state index contributed by atoms with van der Waals surface area (Å²) >= 11 is 0. The van der Waals surface area contributed by atoms with E-state index >= 15 is 0 Å². The van der Waals surface area contributed by atoms with E-state index in [4.69, 9.17) is 11.7 Å². The van der Waals surface area contributed by atoms with Gasteiger partial charge in [0.15, 0.2) is 0 Å². The average molecular weight is 141 g/mol. The molecular formula is C8H15NO. The summed E-state index contributed by atoms with van der Waals surface area (Å²) in [6.45, 7) is 10.5. The predicted molar refractivity (Wildman–Crippen MR) is 40.8 cm³/mol. The van der Waals surface area contributed by atoms with Crippen LogP contribution in [0.25, 0.3) is 0 Å². The fraction of sp³-hybridized carbons (Fsp3) is 0.875. The Balaban J connectivity index is 2.02. The van der Waals surface area contributed by atoms with Gasteiger partial charge >= 0.3 is 0 Å². The number of ether oxygens (including phenoxy) is 1. The van der Waals surface area contributed by atoms with Gasteiger partial charge in [-0.2, -0.15) is 0 Å².